The van der Waals surface area contributed by atoms with E-state index in [4.69, 9.17) is 23.4 Å². The number of hydrazine groups is 1. The molecule has 4 nitrogen and oxygen atoms in total. The van der Waals surface area contributed by atoms with Crippen LogP contribution in [0.5, 0.6) is 0 Å². The average molecular weight is 295 g/mol. The molecule has 1 N–H and O–H groups in total. The molecule has 0 aromatic rings. The Kier molecular flexibility index (Phi) is 6.49. The van der Waals surface area contributed by atoms with E-state index in [0.29, 0.717) is 0 Å². The number of nitrogens with one attached hydrogen (secondary N) is 1. The van der Waals surface area contributed by atoms with E-state index in [9.17, 15) is 0 Å². The predicted molar refractivity (Wildman–Crippen MR) is 76.7 cm³/mol. The van der Waals surface area contributed by atoms with Gasteiger partial charge in [-0.05, 0) is 31.2 Å². The van der Waals surface area contributed by atoms with Crippen molar-refractivity contribution in [2.75, 3.05) is 45.8 Å². The molecular formula is C12H24Cl2N4. The van der Waals surface area contributed by atoms with E-state index in [1.807, 2.05) is 0 Å². The van der Waals surface area contributed by atoms with Gasteiger partial charge in [-0.1, -0.05) is 12.8 Å². The standard InChI is InChI=1S/C12H24Cl2N4/c13-12-11-15-5-8-16-6-3-1-2-4-7-17(10-9-16)18(12)14/h12,15H,1-11H2. The van der Waals surface area contributed by atoms with Crippen molar-refractivity contribution in [3.8, 4) is 0 Å². The predicted octanol–water partition coefficient (Wildman–Crippen LogP) is 1.70. The molecule has 2 aliphatic rings. The zero-order chi connectivity index (χ0) is 12.8. The number of rotatable bonds is 0. The summed E-state index contributed by atoms with van der Waals surface area (Å²) in [6.07, 6.45) is 5.15. The molecule has 2 bridgehead atoms. The summed E-state index contributed by atoms with van der Waals surface area (Å²) in [6, 6.07) is 0. The van der Waals surface area contributed by atoms with E-state index in [0.717, 1.165) is 39.3 Å². The first kappa shape index (κ1) is 14.8. The fraction of sp³-hybridized carbons (Fsp3) is 1.00. The Bertz CT molecular complexity index is 242. The molecule has 0 amide bonds. The summed E-state index contributed by atoms with van der Waals surface area (Å²) in [5, 5.41) is 5.58. The Hall–Kier alpha value is 0.420. The fourth-order valence-electron chi connectivity index (χ4n) is 2.59. The van der Waals surface area contributed by atoms with Crippen LogP contribution in [0.4, 0.5) is 0 Å². The molecule has 2 heterocycles. The minimum atomic E-state index is -0.166. The molecule has 18 heavy (non-hydrogen) atoms. The van der Waals surface area contributed by atoms with Gasteiger partial charge in [0.25, 0.3) is 0 Å². The Labute approximate surface area is 120 Å². The summed E-state index contributed by atoms with van der Waals surface area (Å²) in [5.74, 6) is 0. The minimum absolute atomic E-state index is 0.166. The first-order valence-electron chi connectivity index (χ1n) is 7.04. The molecule has 6 heteroatoms. The largest absolute Gasteiger partial charge is 0.313 e. The second kappa shape index (κ2) is 7.88. The molecule has 2 saturated heterocycles. The lowest BCUT2D eigenvalue weighted by Gasteiger charge is -2.36. The van der Waals surface area contributed by atoms with Gasteiger partial charge in [-0.2, -0.15) is 0 Å². The Morgan fingerprint density at radius 3 is 2.50 bits per heavy atom. The van der Waals surface area contributed by atoms with Crippen LogP contribution in [0.15, 0.2) is 0 Å². The molecule has 2 rings (SSSR count). The molecular weight excluding hydrogens is 271 g/mol. The molecule has 0 radical (unpaired) electrons. The third kappa shape index (κ3) is 4.51. The lowest BCUT2D eigenvalue weighted by Crippen LogP contribution is -2.50. The van der Waals surface area contributed by atoms with Crippen molar-refractivity contribution in [1.82, 2.24) is 19.8 Å². The highest BCUT2D eigenvalue weighted by Crippen LogP contribution is 2.16. The van der Waals surface area contributed by atoms with Gasteiger partial charge in [-0.3, -0.25) is 0 Å². The van der Waals surface area contributed by atoms with Crippen molar-refractivity contribution in [2.45, 2.75) is 31.2 Å². The lowest BCUT2D eigenvalue weighted by atomic mass is 10.1. The molecule has 0 aromatic carbocycles. The van der Waals surface area contributed by atoms with Crippen molar-refractivity contribution in [2.24, 2.45) is 0 Å². The lowest BCUT2D eigenvalue weighted by molar-refractivity contribution is 0.0298. The van der Waals surface area contributed by atoms with Crippen molar-refractivity contribution in [3.63, 3.8) is 0 Å². The molecule has 0 spiro atoms. The Morgan fingerprint density at radius 1 is 0.889 bits per heavy atom. The highest BCUT2D eigenvalue weighted by Gasteiger charge is 2.23. The topological polar surface area (TPSA) is 21.8 Å². The third-order valence-electron chi connectivity index (χ3n) is 3.73. The molecule has 106 valence electrons. The van der Waals surface area contributed by atoms with Crippen LogP contribution in [0, 0.1) is 0 Å². The molecule has 0 aliphatic carbocycles. The van der Waals surface area contributed by atoms with E-state index in [1.165, 1.54) is 32.2 Å². The summed E-state index contributed by atoms with van der Waals surface area (Å²) in [7, 11) is 0. The maximum Gasteiger partial charge on any atom is 0.127 e. The van der Waals surface area contributed by atoms with Gasteiger partial charge in [0, 0.05) is 39.3 Å². The van der Waals surface area contributed by atoms with E-state index in [1.54, 1.807) is 4.53 Å². The molecule has 3 unspecified atom stereocenters. The fourth-order valence-corrected chi connectivity index (χ4v) is 3.04. The van der Waals surface area contributed by atoms with Gasteiger partial charge in [0.2, 0.25) is 0 Å². The normalized spacial score (nSPS) is 37.3. The summed E-state index contributed by atoms with van der Waals surface area (Å²) in [4.78, 5) is 2.53. The van der Waals surface area contributed by atoms with Gasteiger partial charge in [0.1, 0.15) is 5.50 Å². The maximum absolute atomic E-state index is 6.35. The van der Waals surface area contributed by atoms with E-state index >= 15 is 0 Å². The van der Waals surface area contributed by atoms with Crippen LogP contribution in [0.25, 0.3) is 0 Å². The Morgan fingerprint density at radius 2 is 1.67 bits per heavy atom. The van der Waals surface area contributed by atoms with Crippen molar-refractivity contribution in [3.05, 3.63) is 0 Å². The molecule has 0 saturated carbocycles. The number of nitrogens with zero attached hydrogens (tertiary/aromatic N) is 3. The van der Waals surface area contributed by atoms with Crippen LogP contribution in [0.2, 0.25) is 0 Å². The van der Waals surface area contributed by atoms with Crippen LogP contribution < -0.4 is 5.32 Å². The molecule has 3 atom stereocenters. The van der Waals surface area contributed by atoms with Gasteiger partial charge >= 0.3 is 0 Å². The minimum Gasteiger partial charge on any atom is -0.313 e. The second-order valence-electron chi connectivity index (χ2n) is 5.14. The summed E-state index contributed by atoms with van der Waals surface area (Å²) in [6.45, 7) is 7.12. The van der Waals surface area contributed by atoms with Crippen molar-refractivity contribution in [1.29, 1.82) is 0 Å². The van der Waals surface area contributed by atoms with Crippen molar-refractivity contribution >= 4 is 23.4 Å². The number of fused-ring (bicyclic) bond motifs is 3. The number of alkyl halides is 1. The Balaban J connectivity index is 2.00. The van der Waals surface area contributed by atoms with E-state index in [-0.39, 0.29) is 5.50 Å². The summed E-state index contributed by atoms with van der Waals surface area (Å²) >= 11 is 12.7. The van der Waals surface area contributed by atoms with Crippen LogP contribution in [-0.2, 0) is 0 Å². The average Bonchev–Trinajstić information content (AvgIpc) is 2.39. The number of halogens is 2. The van der Waals surface area contributed by atoms with E-state index < -0.39 is 0 Å². The second-order valence-corrected chi connectivity index (χ2v) is 5.99. The summed E-state index contributed by atoms with van der Waals surface area (Å²) < 4.78 is 1.69. The summed E-state index contributed by atoms with van der Waals surface area (Å²) in [5.41, 5.74) is -0.166. The SMILES string of the molecule is ClC1CNCCN2CCCCCCN(CC2)N1Cl. The smallest absolute Gasteiger partial charge is 0.127 e. The van der Waals surface area contributed by atoms with Gasteiger partial charge in [0.05, 0.1) is 0 Å². The highest BCUT2D eigenvalue weighted by atomic mass is 35.5. The van der Waals surface area contributed by atoms with Crippen LogP contribution in [-0.4, -0.2) is 65.8 Å². The first-order chi connectivity index (χ1) is 8.77. The quantitative estimate of drug-likeness (QED) is 0.417. The van der Waals surface area contributed by atoms with Gasteiger partial charge < -0.3 is 10.2 Å². The number of hydrogen-bond acceptors (Lipinski definition) is 4. The molecule has 0 aromatic heterocycles. The molecule has 2 aliphatic heterocycles. The third-order valence-corrected chi connectivity index (χ3v) is 4.62. The van der Waals surface area contributed by atoms with Crippen molar-refractivity contribution < 1.29 is 0 Å². The van der Waals surface area contributed by atoms with E-state index in [2.05, 4.69) is 15.2 Å². The zero-order valence-electron chi connectivity index (χ0n) is 11.0. The monoisotopic (exact) mass is 294 g/mol. The molecule has 2 fully saturated rings. The van der Waals surface area contributed by atoms with Gasteiger partial charge in [-0.15, -0.1) is 16.1 Å². The number of hydrogen-bond donors (Lipinski definition) is 1. The zero-order valence-corrected chi connectivity index (χ0v) is 12.5. The maximum atomic E-state index is 6.35. The van der Waals surface area contributed by atoms with Gasteiger partial charge in [0.15, 0.2) is 0 Å². The van der Waals surface area contributed by atoms with Gasteiger partial charge in [-0.25, -0.2) is 5.01 Å². The highest BCUT2D eigenvalue weighted by molar-refractivity contribution is 6.24. The van der Waals surface area contributed by atoms with Crippen LogP contribution in [0.1, 0.15) is 25.7 Å². The van der Waals surface area contributed by atoms with Crippen LogP contribution >= 0.6 is 23.4 Å². The first-order valence-corrected chi connectivity index (χ1v) is 7.82. The van der Waals surface area contributed by atoms with Crippen LogP contribution in [0.3, 0.4) is 0 Å².